The predicted octanol–water partition coefficient (Wildman–Crippen LogP) is 3.44. The minimum Gasteiger partial charge on any atom is -0.363 e. The number of carbonyl (C=O) groups is 1. The van der Waals surface area contributed by atoms with Crippen molar-refractivity contribution in [3.63, 3.8) is 0 Å². The van der Waals surface area contributed by atoms with Crippen LogP contribution in [0.4, 0.5) is 10.1 Å². The second-order valence-electron chi connectivity index (χ2n) is 8.22. The van der Waals surface area contributed by atoms with Crippen LogP contribution >= 0.6 is 0 Å². The Morgan fingerprint density at radius 2 is 2.11 bits per heavy atom. The van der Waals surface area contributed by atoms with E-state index in [9.17, 15) is 9.18 Å². The second-order valence-corrected chi connectivity index (χ2v) is 8.22. The number of amides is 1. The zero-order valence-electron chi connectivity index (χ0n) is 16.0. The van der Waals surface area contributed by atoms with Crippen molar-refractivity contribution < 1.29 is 9.18 Å². The second kappa shape index (κ2) is 6.59. The van der Waals surface area contributed by atoms with E-state index in [-0.39, 0.29) is 17.3 Å². The first-order chi connectivity index (χ1) is 12.8. The van der Waals surface area contributed by atoms with Gasteiger partial charge in [0, 0.05) is 36.6 Å². The molecule has 1 aromatic carbocycles. The number of hydrogen-bond acceptors (Lipinski definition) is 4. The van der Waals surface area contributed by atoms with Crippen molar-refractivity contribution in [2.45, 2.75) is 45.2 Å². The summed E-state index contributed by atoms with van der Waals surface area (Å²) in [4.78, 5) is 25.5. The number of carbonyl (C=O) groups excluding carboxylic acids is 1. The number of benzene rings is 1. The van der Waals surface area contributed by atoms with Crippen molar-refractivity contribution in [2.75, 3.05) is 18.0 Å². The first-order valence-electron chi connectivity index (χ1n) is 9.49. The van der Waals surface area contributed by atoms with Gasteiger partial charge in [0.15, 0.2) is 0 Å². The lowest BCUT2D eigenvalue weighted by atomic mass is 9.89. The number of anilines is 1. The van der Waals surface area contributed by atoms with E-state index in [4.69, 9.17) is 0 Å². The van der Waals surface area contributed by atoms with E-state index in [1.165, 1.54) is 6.07 Å². The SMILES string of the molecule is Cc1nccc(C(=O)N2CC[C@H]3[C@@H](C2)CC(C)(C)N3c2cccc(F)c2)n1. The molecule has 0 bridgehead atoms. The minimum absolute atomic E-state index is 0.0269. The Bertz CT molecular complexity index is 869. The normalized spacial score (nSPS) is 24.0. The van der Waals surface area contributed by atoms with Gasteiger partial charge in [0.1, 0.15) is 17.3 Å². The van der Waals surface area contributed by atoms with Crippen LogP contribution in [0.5, 0.6) is 0 Å². The number of rotatable bonds is 2. The van der Waals surface area contributed by atoms with Gasteiger partial charge in [0.25, 0.3) is 5.91 Å². The van der Waals surface area contributed by atoms with Crippen LogP contribution in [0.3, 0.4) is 0 Å². The molecule has 27 heavy (non-hydrogen) atoms. The summed E-state index contributed by atoms with van der Waals surface area (Å²) >= 11 is 0. The van der Waals surface area contributed by atoms with Crippen molar-refractivity contribution in [1.82, 2.24) is 14.9 Å². The highest BCUT2D eigenvalue weighted by atomic mass is 19.1. The fourth-order valence-corrected chi connectivity index (χ4v) is 4.84. The average molecular weight is 368 g/mol. The molecule has 1 aromatic heterocycles. The number of nitrogens with zero attached hydrogens (tertiary/aromatic N) is 4. The van der Waals surface area contributed by atoms with Gasteiger partial charge >= 0.3 is 0 Å². The molecule has 2 aliphatic rings. The number of halogens is 1. The summed E-state index contributed by atoms with van der Waals surface area (Å²) in [5, 5.41) is 0. The van der Waals surface area contributed by atoms with E-state index in [1.54, 1.807) is 31.3 Å². The van der Waals surface area contributed by atoms with E-state index in [0.717, 1.165) is 18.5 Å². The monoisotopic (exact) mass is 368 g/mol. The molecule has 2 fully saturated rings. The lowest BCUT2D eigenvalue weighted by molar-refractivity contribution is 0.0661. The molecular formula is C21H25FN4O. The van der Waals surface area contributed by atoms with Crippen molar-refractivity contribution in [2.24, 2.45) is 5.92 Å². The molecule has 0 aliphatic carbocycles. The van der Waals surface area contributed by atoms with E-state index < -0.39 is 0 Å². The Balaban J connectivity index is 1.55. The number of likely N-dealkylation sites (tertiary alicyclic amines) is 1. The highest BCUT2D eigenvalue weighted by Crippen LogP contribution is 2.44. The topological polar surface area (TPSA) is 49.3 Å². The average Bonchev–Trinajstić information content (AvgIpc) is 2.89. The number of hydrogen-bond donors (Lipinski definition) is 0. The van der Waals surface area contributed by atoms with Crippen LogP contribution < -0.4 is 4.90 Å². The smallest absolute Gasteiger partial charge is 0.272 e. The molecule has 3 heterocycles. The van der Waals surface area contributed by atoms with Crippen LogP contribution in [-0.4, -0.2) is 45.4 Å². The number of fused-ring (bicyclic) bond motifs is 1. The first kappa shape index (κ1) is 17.9. The van der Waals surface area contributed by atoms with Crippen LogP contribution in [0, 0.1) is 18.7 Å². The maximum atomic E-state index is 13.8. The van der Waals surface area contributed by atoms with Crippen LogP contribution in [0.25, 0.3) is 0 Å². The third kappa shape index (κ3) is 3.29. The van der Waals surface area contributed by atoms with Gasteiger partial charge in [-0.25, -0.2) is 14.4 Å². The lowest BCUT2D eigenvalue weighted by Crippen LogP contribution is -2.50. The van der Waals surface area contributed by atoms with Gasteiger partial charge < -0.3 is 9.80 Å². The highest BCUT2D eigenvalue weighted by Gasteiger charge is 2.48. The number of piperidine rings is 1. The Kier molecular flexibility index (Phi) is 4.36. The molecule has 1 amide bonds. The molecule has 0 radical (unpaired) electrons. The Hall–Kier alpha value is -2.50. The van der Waals surface area contributed by atoms with Crippen molar-refractivity contribution in [3.8, 4) is 0 Å². The molecule has 0 spiro atoms. The fourth-order valence-electron chi connectivity index (χ4n) is 4.84. The van der Waals surface area contributed by atoms with E-state index >= 15 is 0 Å². The summed E-state index contributed by atoms with van der Waals surface area (Å²) < 4.78 is 13.8. The standard InChI is InChI=1S/C21H25FN4O/c1-14-23-9-7-18(24-14)20(27)25-10-8-19-15(13-25)12-21(2,3)26(19)17-6-4-5-16(22)11-17/h4-7,9,11,15,19H,8,10,12-13H2,1-3H3/t15-,19+/m1/s1. The highest BCUT2D eigenvalue weighted by molar-refractivity contribution is 5.92. The summed E-state index contributed by atoms with van der Waals surface area (Å²) in [7, 11) is 0. The molecule has 5 nitrogen and oxygen atoms in total. The van der Waals surface area contributed by atoms with Crippen LogP contribution in [0.15, 0.2) is 36.5 Å². The molecule has 2 saturated heterocycles. The van der Waals surface area contributed by atoms with Crippen molar-refractivity contribution in [3.05, 3.63) is 53.9 Å². The zero-order chi connectivity index (χ0) is 19.2. The van der Waals surface area contributed by atoms with Crippen LogP contribution in [0.2, 0.25) is 0 Å². The third-order valence-electron chi connectivity index (χ3n) is 5.81. The third-order valence-corrected chi connectivity index (χ3v) is 5.81. The lowest BCUT2D eigenvalue weighted by Gasteiger charge is -2.41. The molecule has 2 aromatic rings. The van der Waals surface area contributed by atoms with E-state index in [2.05, 4.69) is 28.7 Å². The summed E-state index contributed by atoms with van der Waals surface area (Å²) in [5.74, 6) is 0.735. The van der Waals surface area contributed by atoms with Gasteiger partial charge in [0.2, 0.25) is 0 Å². The quantitative estimate of drug-likeness (QED) is 0.815. The molecule has 6 heteroatoms. The molecular weight excluding hydrogens is 343 g/mol. The molecule has 4 rings (SSSR count). The minimum atomic E-state index is -0.210. The summed E-state index contributed by atoms with van der Waals surface area (Å²) in [6.07, 6.45) is 3.48. The van der Waals surface area contributed by atoms with Crippen molar-refractivity contribution >= 4 is 11.6 Å². The molecule has 2 atom stereocenters. The number of aromatic nitrogens is 2. The Morgan fingerprint density at radius 3 is 2.85 bits per heavy atom. The van der Waals surface area contributed by atoms with Gasteiger partial charge in [-0.1, -0.05) is 6.07 Å². The first-order valence-corrected chi connectivity index (χ1v) is 9.49. The Morgan fingerprint density at radius 1 is 1.30 bits per heavy atom. The summed E-state index contributed by atoms with van der Waals surface area (Å²) in [6.45, 7) is 7.60. The summed E-state index contributed by atoms with van der Waals surface area (Å²) in [6, 6.07) is 8.84. The van der Waals surface area contributed by atoms with Crippen molar-refractivity contribution in [1.29, 1.82) is 0 Å². The van der Waals surface area contributed by atoms with Gasteiger partial charge in [-0.2, -0.15) is 0 Å². The summed E-state index contributed by atoms with van der Waals surface area (Å²) in [5.41, 5.74) is 1.31. The van der Waals surface area contributed by atoms with Gasteiger partial charge in [-0.15, -0.1) is 0 Å². The molecule has 2 aliphatic heterocycles. The van der Waals surface area contributed by atoms with E-state index in [1.807, 2.05) is 11.0 Å². The number of aryl methyl sites for hydroxylation is 1. The van der Waals surface area contributed by atoms with Crippen LogP contribution in [-0.2, 0) is 0 Å². The zero-order valence-corrected chi connectivity index (χ0v) is 16.0. The maximum Gasteiger partial charge on any atom is 0.272 e. The largest absolute Gasteiger partial charge is 0.363 e. The molecule has 0 N–H and O–H groups in total. The predicted molar refractivity (Wildman–Crippen MR) is 102 cm³/mol. The molecule has 0 unspecified atom stereocenters. The van der Waals surface area contributed by atoms with Crippen LogP contribution in [0.1, 0.15) is 43.0 Å². The van der Waals surface area contributed by atoms with Gasteiger partial charge in [0.05, 0.1) is 0 Å². The fraction of sp³-hybridized carbons (Fsp3) is 0.476. The van der Waals surface area contributed by atoms with Gasteiger partial charge in [-0.05, 0) is 63.8 Å². The van der Waals surface area contributed by atoms with Gasteiger partial charge in [-0.3, -0.25) is 4.79 Å². The van der Waals surface area contributed by atoms with E-state index in [0.29, 0.717) is 36.6 Å². The maximum absolute atomic E-state index is 13.8. The molecule has 142 valence electrons. The molecule has 0 saturated carbocycles. The Labute approximate surface area is 159 Å².